The van der Waals surface area contributed by atoms with Gasteiger partial charge < -0.3 is 4.42 Å². The maximum Gasteiger partial charge on any atom is 0.227 e. The van der Waals surface area contributed by atoms with Crippen molar-refractivity contribution in [1.29, 1.82) is 0 Å². The zero-order chi connectivity index (χ0) is 16.3. The quantitative estimate of drug-likeness (QED) is 0.642. The Kier molecular flexibility index (Phi) is 4.70. The second-order valence-corrected chi connectivity index (χ2v) is 6.44. The zero-order valence-corrected chi connectivity index (χ0v) is 14.2. The smallest absolute Gasteiger partial charge is 0.227 e. The molecule has 116 valence electrons. The Morgan fingerprint density at radius 3 is 2.59 bits per heavy atom. The van der Waals surface area contributed by atoms with E-state index in [-0.39, 0.29) is 5.41 Å². The molecule has 0 amide bonds. The number of rotatable bonds is 4. The fraction of sp³-hybridized carbons (Fsp3) is 0.350. The molecule has 1 aromatic carbocycles. The van der Waals surface area contributed by atoms with Gasteiger partial charge in [-0.3, -0.25) is 0 Å². The highest BCUT2D eigenvalue weighted by atomic mass is 16.3. The van der Waals surface area contributed by atoms with Gasteiger partial charge in [0.1, 0.15) is 5.52 Å². The average molecular weight is 295 g/mol. The third kappa shape index (κ3) is 3.22. The lowest BCUT2D eigenvalue weighted by molar-refractivity contribution is 0.581. The van der Waals surface area contributed by atoms with E-state index in [0.29, 0.717) is 5.89 Å². The molecule has 2 rings (SSSR count). The standard InChI is InChI=1S/C20H25NO/c1-7-10-16(14(8-2)9-3)19-21-17-13-15(20(4,5)6)11-12-18(17)22-19/h7-8,10-13H,1,9H2,2-6H3/b14-8-,16-10+. The lowest BCUT2D eigenvalue weighted by Crippen LogP contribution is -2.10. The van der Waals surface area contributed by atoms with Gasteiger partial charge in [0.05, 0.1) is 0 Å². The van der Waals surface area contributed by atoms with E-state index >= 15 is 0 Å². The number of nitrogens with zero attached hydrogens (tertiary/aromatic N) is 1. The highest BCUT2D eigenvalue weighted by molar-refractivity contribution is 5.81. The van der Waals surface area contributed by atoms with Gasteiger partial charge in [-0.2, -0.15) is 0 Å². The van der Waals surface area contributed by atoms with E-state index in [1.54, 1.807) is 6.08 Å². The molecular formula is C20H25NO. The molecule has 0 aliphatic carbocycles. The van der Waals surface area contributed by atoms with Crippen LogP contribution in [-0.4, -0.2) is 4.98 Å². The molecule has 0 atom stereocenters. The molecule has 0 radical (unpaired) electrons. The minimum atomic E-state index is 0.102. The Bertz CT molecular complexity index is 739. The van der Waals surface area contributed by atoms with E-state index in [9.17, 15) is 0 Å². The lowest BCUT2D eigenvalue weighted by Gasteiger charge is -2.18. The van der Waals surface area contributed by atoms with Crippen LogP contribution in [0.25, 0.3) is 16.7 Å². The van der Waals surface area contributed by atoms with Crippen LogP contribution in [0.4, 0.5) is 0 Å². The summed E-state index contributed by atoms with van der Waals surface area (Å²) in [5.41, 5.74) is 5.31. The summed E-state index contributed by atoms with van der Waals surface area (Å²) in [7, 11) is 0. The summed E-state index contributed by atoms with van der Waals surface area (Å²) < 4.78 is 5.97. The highest BCUT2D eigenvalue weighted by Gasteiger charge is 2.17. The Hall–Kier alpha value is -2.09. The van der Waals surface area contributed by atoms with Gasteiger partial charge in [-0.25, -0.2) is 4.98 Å². The Morgan fingerprint density at radius 2 is 2.05 bits per heavy atom. The molecule has 1 aromatic heterocycles. The van der Waals surface area contributed by atoms with Gasteiger partial charge in [0.2, 0.25) is 5.89 Å². The van der Waals surface area contributed by atoms with E-state index in [2.05, 4.69) is 52.5 Å². The van der Waals surface area contributed by atoms with Crippen LogP contribution in [0.15, 0.2) is 53.0 Å². The van der Waals surface area contributed by atoms with Crippen LogP contribution in [0, 0.1) is 0 Å². The van der Waals surface area contributed by atoms with E-state index in [1.165, 1.54) is 11.1 Å². The topological polar surface area (TPSA) is 26.0 Å². The number of hydrogen-bond acceptors (Lipinski definition) is 2. The predicted molar refractivity (Wildman–Crippen MR) is 94.9 cm³/mol. The number of oxazole rings is 1. The van der Waals surface area contributed by atoms with Crippen LogP contribution in [0.5, 0.6) is 0 Å². The molecule has 0 saturated heterocycles. The van der Waals surface area contributed by atoms with E-state index in [1.807, 2.05) is 19.1 Å². The molecule has 2 nitrogen and oxygen atoms in total. The van der Waals surface area contributed by atoms with Crippen LogP contribution in [0.1, 0.15) is 52.5 Å². The molecule has 1 heterocycles. The highest BCUT2D eigenvalue weighted by Crippen LogP contribution is 2.30. The molecule has 0 N–H and O–H groups in total. The normalized spacial score (nSPS) is 13.7. The van der Waals surface area contributed by atoms with Crippen molar-refractivity contribution in [3.63, 3.8) is 0 Å². The summed E-state index contributed by atoms with van der Waals surface area (Å²) in [5.74, 6) is 0.663. The molecular weight excluding hydrogens is 270 g/mol. The van der Waals surface area contributed by atoms with Gasteiger partial charge >= 0.3 is 0 Å². The van der Waals surface area contributed by atoms with E-state index < -0.39 is 0 Å². The molecule has 22 heavy (non-hydrogen) atoms. The minimum Gasteiger partial charge on any atom is -0.436 e. The fourth-order valence-corrected chi connectivity index (χ4v) is 2.49. The molecule has 2 aromatic rings. The lowest BCUT2D eigenvalue weighted by atomic mass is 9.87. The molecule has 0 aliphatic rings. The second kappa shape index (κ2) is 6.35. The van der Waals surface area contributed by atoms with Crippen LogP contribution in [0.3, 0.4) is 0 Å². The number of benzene rings is 1. The number of fused-ring (bicyclic) bond motifs is 1. The summed E-state index contributed by atoms with van der Waals surface area (Å²) in [4.78, 5) is 4.70. The first kappa shape index (κ1) is 16.3. The second-order valence-electron chi connectivity index (χ2n) is 6.44. The summed E-state index contributed by atoms with van der Waals surface area (Å²) in [6, 6.07) is 6.25. The third-order valence-electron chi connectivity index (χ3n) is 3.84. The SMILES string of the molecule is C=C/C=C(\C(=C/C)CC)c1nc2cc(C(C)(C)C)ccc2o1. The Labute approximate surface area is 133 Å². The van der Waals surface area contributed by atoms with Crippen LogP contribution in [0.2, 0.25) is 0 Å². The molecule has 0 spiro atoms. The van der Waals surface area contributed by atoms with Crippen molar-refractivity contribution in [2.45, 2.75) is 46.5 Å². The number of aromatic nitrogens is 1. The predicted octanol–water partition coefficient (Wildman–Crippen LogP) is 6.05. The molecule has 0 saturated carbocycles. The maximum absolute atomic E-state index is 5.97. The Balaban J connectivity index is 2.56. The maximum atomic E-state index is 5.97. The average Bonchev–Trinajstić information content (AvgIpc) is 2.89. The van der Waals surface area contributed by atoms with Crippen molar-refractivity contribution < 1.29 is 4.42 Å². The summed E-state index contributed by atoms with van der Waals surface area (Å²) in [6.07, 6.45) is 6.78. The molecule has 0 fully saturated rings. The van der Waals surface area contributed by atoms with Gasteiger partial charge in [0, 0.05) is 5.57 Å². The first-order chi connectivity index (χ1) is 10.4. The first-order valence-electron chi connectivity index (χ1n) is 7.80. The van der Waals surface area contributed by atoms with Crippen molar-refractivity contribution in [2.24, 2.45) is 0 Å². The first-order valence-corrected chi connectivity index (χ1v) is 7.80. The molecule has 0 aliphatic heterocycles. The summed E-state index contributed by atoms with van der Waals surface area (Å²) >= 11 is 0. The zero-order valence-electron chi connectivity index (χ0n) is 14.2. The summed E-state index contributed by atoms with van der Waals surface area (Å²) in [6.45, 7) is 14.6. The fourth-order valence-electron chi connectivity index (χ4n) is 2.49. The van der Waals surface area contributed by atoms with Gasteiger partial charge in [0.15, 0.2) is 5.58 Å². The van der Waals surface area contributed by atoms with Gasteiger partial charge in [-0.05, 0) is 48.1 Å². The third-order valence-corrected chi connectivity index (χ3v) is 3.84. The van der Waals surface area contributed by atoms with Crippen molar-refractivity contribution >= 4 is 16.7 Å². The molecule has 0 bridgehead atoms. The number of hydrogen-bond donors (Lipinski definition) is 0. The van der Waals surface area contributed by atoms with Crippen LogP contribution < -0.4 is 0 Å². The van der Waals surface area contributed by atoms with Crippen molar-refractivity contribution in [3.8, 4) is 0 Å². The van der Waals surface area contributed by atoms with Gasteiger partial charge in [-0.1, -0.05) is 52.5 Å². The van der Waals surface area contributed by atoms with Crippen molar-refractivity contribution in [2.75, 3.05) is 0 Å². The molecule has 2 heteroatoms. The molecule has 0 unspecified atom stereocenters. The largest absolute Gasteiger partial charge is 0.436 e. The van der Waals surface area contributed by atoms with Gasteiger partial charge in [0.25, 0.3) is 0 Å². The van der Waals surface area contributed by atoms with Crippen LogP contribution in [-0.2, 0) is 5.41 Å². The van der Waals surface area contributed by atoms with Crippen molar-refractivity contribution in [1.82, 2.24) is 4.98 Å². The minimum absolute atomic E-state index is 0.102. The van der Waals surface area contributed by atoms with E-state index in [4.69, 9.17) is 9.40 Å². The van der Waals surface area contributed by atoms with E-state index in [0.717, 1.165) is 23.1 Å². The number of allylic oxidation sites excluding steroid dienone is 5. The van der Waals surface area contributed by atoms with Gasteiger partial charge in [-0.15, -0.1) is 0 Å². The van der Waals surface area contributed by atoms with Crippen molar-refractivity contribution in [3.05, 3.63) is 60.0 Å². The Morgan fingerprint density at radius 1 is 1.32 bits per heavy atom. The summed E-state index contributed by atoms with van der Waals surface area (Å²) in [5, 5.41) is 0. The van der Waals surface area contributed by atoms with Crippen LogP contribution >= 0.6 is 0 Å². The monoisotopic (exact) mass is 295 g/mol.